The lowest BCUT2D eigenvalue weighted by Gasteiger charge is -2.28. The number of nitrogens with zero attached hydrogens (tertiary/aromatic N) is 1. The van der Waals surface area contributed by atoms with Crippen LogP contribution in [0, 0.1) is 0 Å². The fourth-order valence-corrected chi connectivity index (χ4v) is 3.01. The summed E-state index contributed by atoms with van der Waals surface area (Å²) in [5.74, 6) is 0. The molecule has 0 fully saturated rings. The van der Waals surface area contributed by atoms with Crippen molar-refractivity contribution in [1.82, 2.24) is 10.2 Å². The molecule has 1 atom stereocenters. The molecule has 0 radical (unpaired) electrons. The van der Waals surface area contributed by atoms with Crippen LogP contribution in [0.15, 0.2) is 47.8 Å². The Labute approximate surface area is 120 Å². The van der Waals surface area contributed by atoms with Crippen LogP contribution in [-0.2, 0) is 6.54 Å². The predicted molar refractivity (Wildman–Crippen MR) is 83.5 cm³/mol. The Morgan fingerprint density at radius 2 is 1.95 bits per heavy atom. The Morgan fingerprint density at radius 1 is 1.16 bits per heavy atom. The average Bonchev–Trinajstić information content (AvgIpc) is 2.93. The number of hydrogen-bond acceptors (Lipinski definition) is 3. The van der Waals surface area contributed by atoms with E-state index >= 15 is 0 Å². The molecule has 2 rings (SSSR count). The van der Waals surface area contributed by atoms with Gasteiger partial charge < -0.3 is 5.32 Å². The number of rotatable bonds is 7. The second-order valence-corrected chi connectivity index (χ2v) is 5.76. The van der Waals surface area contributed by atoms with Crippen molar-refractivity contribution in [3.05, 3.63) is 58.3 Å². The summed E-state index contributed by atoms with van der Waals surface area (Å²) in [6.07, 6.45) is 0. The van der Waals surface area contributed by atoms with Crippen molar-refractivity contribution in [1.29, 1.82) is 0 Å². The first-order chi connectivity index (χ1) is 9.31. The molecule has 2 nitrogen and oxygen atoms in total. The Morgan fingerprint density at radius 3 is 2.58 bits per heavy atom. The van der Waals surface area contributed by atoms with Crippen LogP contribution < -0.4 is 5.32 Å². The third-order valence-electron chi connectivity index (χ3n) is 3.29. The molecule has 3 heteroatoms. The third-order valence-corrected chi connectivity index (χ3v) is 4.15. The van der Waals surface area contributed by atoms with Gasteiger partial charge in [-0.15, -0.1) is 11.3 Å². The number of benzene rings is 1. The monoisotopic (exact) mass is 274 g/mol. The summed E-state index contributed by atoms with van der Waals surface area (Å²) in [4.78, 5) is 3.84. The van der Waals surface area contributed by atoms with Crippen LogP contribution in [0.5, 0.6) is 0 Å². The summed E-state index contributed by atoms with van der Waals surface area (Å²) >= 11 is 1.83. The van der Waals surface area contributed by atoms with E-state index in [1.165, 1.54) is 10.4 Å². The lowest BCUT2D eigenvalue weighted by molar-refractivity contribution is 0.233. The minimum atomic E-state index is 0.420. The van der Waals surface area contributed by atoms with Crippen LogP contribution in [0.2, 0.25) is 0 Å². The van der Waals surface area contributed by atoms with E-state index < -0.39 is 0 Å². The van der Waals surface area contributed by atoms with Gasteiger partial charge in [-0.2, -0.15) is 0 Å². The molecule has 1 N–H and O–H groups in total. The Hall–Kier alpha value is -1.16. The highest BCUT2D eigenvalue weighted by Gasteiger charge is 2.16. The van der Waals surface area contributed by atoms with Gasteiger partial charge in [-0.1, -0.05) is 43.3 Å². The molecule has 2 aromatic rings. The van der Waals surface area contributed by atoms with Gasteiger partial charge in [-0.3, -0.25) is 4.90 Å². The second-order valence-electron chi connectivity index (χ2n) is 4.73. The molecule has 0 spiro atoms. The topological polar surface area (TPSA) is 15.3 Å². The fourth-order valence-electron chi connectivity index (χ4n) is 2.24. The molecule has 0 saturated heterocycles. The highest BCUT2D eigenvalue weighted by molar-refractivity contribution is 7.09. The van der Waals surface area contributed by atoms with Crippen molar-refractivity contribution in [3.63, 3.8) is 0 Å². The van der Waals surface area contributed by atoms with Gasteiger partial charge in [0, 0.05) is 24.0 Å². The van der Waals surface area contributed by atoms with E-state index in [0.29, 0.717) is 6.04 Å². The second kappa shape index (κ2) is 7.43. The van der Waals surface area contributed by atoms with E-state index in [4.69, 9.17) is 0 Å². The Bertz CT molecular complexity index is 453. The maximum absolute atomic E-state index is 3.47. The van der Waals surface area contributed by atoms with Crippen LogP contribution in [0.4, 0.5) is 0 Å². The van der Waals surface area contributed by atoms with Gasteiger partial charge in [-0.25, -0.2) is 0 Å². The predicted octanol–water partition coefficient (Wildman–Crippen LogP) is 3.53. The molecule has 0 saturated carbocycles. The van der Waals surface area contributed by atoms with Crippen molar-refractivity contribution >= 4 is 11.3 Å². The van der Waals surface area contributed by atoms with Crippen molar-refractivity contribution in [2.45, 2.75) is 19.5 Å². The number of thiophene rings is 1. The van der Waals surface area contributed by atoms with E-state index in [1.54, 1.807) is 0 Å². The first-order valence-electron chi connectivity index (χ1n) is 6.79. The SMILES string of the molecule is CCNCC(c1ccccc1)N(C)Cc1cccs1. The van der Waals surface area contributed by atoms with Crippen LogP contribution in [0.3, 0.4) is 0 Å². The van der Waals surface area contributed by atoms with E-state index in [1.807, 2.05) is 11.3 Å². The maximum Gasteiger partial charge on any atom is 0.0473 e. The zero-order valence-corrected chi connectivity index (χ0v) is 12.5. The molecule has 1 heterocycles. The molecular formula is C16H22N2S. The van der Waals surface area contributed by atoms with Crippen molar-refractivity contribution < 1.29 is 0 Å². The van der Waals surface area contributed by atoms with E-state index in [2.05, 4.69) is 72.0 Å². The van der Waals surface area contributed by atoms with E-state index in [0.717, 1.165) is 19.6 Å². The Kier molecular flexibility index (Phi) is 5.58. The van der Waals surface area contributed by atoms with Crippen LogP contribution >= 0.6 is 11.3 Å². The number of likely N-dealkylation sites (N-methyl/N-ethyl adjacent to an activating group) is 2. The summed E-state index contributed by atoms with van der Waals surface area (Å²) in [7, 11) is 2.20. The van der Waals surface area contributed by atoms with Crippen LogP contribution in [0.1, 0.15) is 23.4 Å². The smallest absolute Gasteiger partial charge is 0.0473 e. The van der Waals surface area contributed by atoms with Crippen molar-refractivity contribution in [2.24, 2.45) is 0 Å². The summed E-state index contributed by atoms with van der Waals surface area (Å²) < 4.78 is 0. The van der Waals surface area contributed by atoms with Gasteiger partial charge in [0.05, 0.1) is 0 Å². The van der Waals surface area contributed by atoms with Gasteiger partial charge >= 0.3 is 0 Å². The lowest BCUT2D eigenvalue weighted by Crippen LogP contribution is -2.32. The van der Waals surface area contributed by atoms with Crippen molar-refractivity contribution in [3.8, 4) is 0 Å². The minimum absolute atomic E-state index is 0.420. The molecular weight excluding hydrogens is 252 g/mol. The third kappa shape index (κ3) is 4.16. The van der Waals surface area contributed by atoms with Crippen LogP contribution in [0.25, 0.3) is 0 Å². The van der Waals surface area contributed by atoms with E-state index in [-0.39, 0.29) is 0 Å². The molecule has 19 heavy (non-hydrogen) atoms. The molecule has 0 amide bonds. The molecule has 0 aliphatic rings. The first-order valence-corrected chi connectivity index (χ1v) is 7.67. The summed E-state index contributed by atoms with van der Waals surface area (Å²) in [6.45, 7) is 5.16. The highest BCUT2D eigenvalue weighted by atomic mass is 32.1. The summed E-state index contributed by atoms with van der Waals surface area (Å²) in [6, 6.07) is 15.5. The average molecular weight is 274 g/mol. The molecule has 1 unspecified atom stereocenters. The van der Waals surface area contributed by atoms with Crippen LogP contribution in [-0.4, -0.2) is 25.0 Å². The number of hydrogen-bond donors (Lipinski definition) is 1. The minimum Gasteiger partial charge on any atom is -0.315 e. The van der Waals surface area contributed by atoms with Gasteiger partial charge in [-0.05, 0) is 30.6 Å². The van der Waals surface area contributed by atoms with Gasteiger partial charge in [0.15, 0.2) is 0 Å². The van der Waals surface area contributed by atoms with E-state index in [9.17, 15) is 0 Å². The quantitative estimate of drug-likeness (QED) is 0.831. The fraction of sp³-hybridized carbons (Fsp3) is 0.375. The van der Waals surface area contributed by atoms with Gasteiger partial charge in [0.1, 0.15) is 0 Å². The zero-order chi connectivity index (χ0) is 13.5. The number of nitrogens with one attached hydrogen (secondary N) is 1. The lowest BCUT2D eigenvalue weighted by atomic mass is 10.1. The van der Waals surface area contributed by atoms with Gasteiger partial charge in [0.25, 0.3) is 0 Å². The normalized spacial score (nSPS) is 12.8. The molecule has 1 aromatic carbocycles. The summed E-state index contributed by atoms with van der Waals surface area (Å²) in [5.41, 5.74) is 1.38. The van der Waals surface area contributed by atoms with Gasteiger partial charge in [0.2, 0.25) is 0 Å². The Balaban J connectivity index is 2.08. The largest absolute Gasteiger partial charge is 0.315 e. The molecule has 0 aliphatic carbocycles. The highest BCUT2D eigenvalue weighted by Crippen LogP contribution is 2.22. The standard InChI is InChI=1S/C16H22N2S/c1-3-17-12-16(14-8-5-4-6-9-14)18(2)13-15-10-7-11-19-15/h4-11,16-17H,3,12-13H2,1-2H3. The zero-order valence-electron chi connectivity index (χ0n) is 11.7. The molecule has 1 aromatic heterocycles. The molecule has 0 aliphatic heterocycles. The summed E-state index contributed by atoms with van der Waals surface area (Å²) in [5, 5.41) is 5.61. The first kappa shape index (κ1) is 14.3. The molecule has 0 bridgehead atoms. The molecule has 102 valence electrons. The maximum atomic E-state index is 3.47. The van der Waals surface area contributed by atoms with Crippen molar-refractivity contribution in [2.75, 3.05) is 20.1 Å².